The summed E-state index contributed by atoms with van der Waals surface area (Å²) in [4.78, 5) is 37.7. The molecule has 0 spiro atoms. The Morgan fingerprint density at radius 2 is 1.74 bits per heavy atom. The van der Waals surface area contributed by atoms with Crippen molar-refractivity contribution in [2.45, 2.75) is 6.92 Å². The van der Waals surface area contributed by atoms with Gasteiger partial charge in [-0.15, -0.1) is 0 Å². The van der Waals surface area contributed by atoms with E-state index < -0.39 is 23.7 Å². The molecule has 142 valence electrons. The smallest absolute Gasteiger partial charge is 0.355 e. The highest BCUT2D eigenvalue weighted by molar-refractivity contribution is 6.05. The zero-order valence-corrected chi connectivity index (χ0v) is 15.0. The second-order valence-electron chi connectivity index (χ2n) is 5.20. The molecule has 8 heteroatoms. The Hall–Kier alpha value is -3.42. The summed E-state index contributed by atoms with van der Waals surface area (Å²) in [6, 6.07) is 3.65. The number of ether oxygens (including phenoxy) is 3. The lowest BCUT2D eigenvalue weighted by Gasteiger charge is -2.23. The molecule has 0 fully saturated rings. The second-order valence-corrected chi connectivity index (χ2v) is 5.20. The summed E-state index contributed by atoms with van der Waals surface area (Å²) >= 11 is 0. The maximum atomic E-state index is 14.0. The highest BCUT2D eigenvalue weighted by Crippen LogP contribution is 2.28. The molecule has 0 aliphatic carbocycles. The van der Waals surface area contributed by atoms with E-state index in [-0.39, 0.29) is 29.1 Å². The first kappa shape index (κ1) is 19.9. The van der Waals surface area contributed by atoms with Crippen LogP contribution in [0.3, 0.4) is 0 Å². The largest absolute Gasteiger partial charge is 0.465 e. The zero-order chi connectivity index (χ0) is 20.0. The van der Waals surface area contributed by atoms with E-state index in [4.69, 9.17) is 14.2 Å². The van der Waals surface area contributed by atoms with Crippen molar-refractivity contribution < 1.29 is 33.0 Å². The quantitative estimate of drug-likeness (QED) is 0.578. The minimum atomic E-state index is -0.842. The van der Waals surface area contributed by atoms with E-state index >= 15 is 0 Å². The van der Waals surface area contributed by atoms with Gasteiger partial charge in [0.25, 0.3) is 0 Å². The van der Waals surface area contributed by atoms with Crippen molar-refractivity contribution in [2.24, 2.45) is 0 Å². The summed E-state index contributed by atoms with van der Waals surface area (Å²) in [6.07, 6.45) is 5.96. The first-order valence-electron chi connectivity index (χ1n) is 7.96. The van der Waals surface area contributed by atoms with Crippen LogP contribution in [0.2, 0.25) is 0 Å². The molecule has 0 N–H and O–H groups in total. The molecule has 0 amide bonds. The Labute approximate surface area is 155 Å². The van der Waals surface area contributed by atoms with Crippen LogP contribution in [0.25, 0.3) is 0 Å². The van der Waals surface area contributed by atoms with Crippen molar-refractivity contribution in [1.29, 1.82) is 0 Å². The first-order valence-corrected chi connectivity index (χ1v) is 7.96. The number of anilines is 1. The molecule has 27 heavy (non-hydrogen) atoms. The van der Waals surface area contributed by atoms with E-state index in [1.807, 2.05) is 0 Å². The second kappa shape index (κ2) is 8.79. The molecule has 0 bridgehead atoms. The third-order valence-corrected chi connectivity index (χ3v) is 3.61. The maximum Gasteiger partial charge on any atom is 0.355 e. The Bertz CT molecular complexity index is 856. The molecule has 0 unspecified atom stereocenters. The van der Waals surface area contributed by atoms with E-state index in [0.29, 0.717) is 0 Å². The van der Waals surface area contributed by atoms with Gasteiger partial charge in [-0.2, -0.15) is 0 Å². The monoisotopic (exact) mass is 375 g/mol. The van der Waals surface area contributed by atoms with Crippen molar-refractivity contribution in [1.82, 2.24) is 0 Å². The van der Waals surface area contributed by atoms with Crippen LogP contribution in [0.4, 0.5) is 10.1 Å². The third-order valence-electron chi connectivity index (χ3n) is 3.61. The summed E-state index contributed by atoms with van der Waals surface area (Å²) in [5, 5.41) is 0. The summed E-state index contributed by atoms with van der Waals surface area (Å²) in [5.41, 5.74) is -0.253. The Kier molecular flexibility index (Phi) is 6.48. The van der Waals surface area contributed by atoms with Crippen LogP contribution in [0.1, 0.15) is 17.3 Å². The van der Waals surface area contributed by atoms with Gasteiger partial charge in [0, 0.05) is 11.9 Å². The molecule has 7 nitrogen and oxygen atoms in total. The van der Waals surface area contributed by atoms with E-state index in [9.17, 15) is 18.8 Å². The van der Waals surface area contributed by atoms with Gasteiger partial charge in [0.15, 0.2) is 0 Å². The normalized spacial score (nSPS) is 13.3. The number of benzene rings is 1. The summed E-state index contributed by atoms with van der Waals surface area (Å²) in [7, 11) is 2.34. The molecule has 0 saturated heterocycles. The number of halogens is 1. The van der Waals surface area contributed by atoms with Crippen LogP contribution in [-0.2, 0) is 23.8 Å². The number of esters is 3. The molecule has 1 aliphatic rings. The number of carbonyl (C=O) groups excluding carboxylic acids is 3. The molecule has 1 heterocycles. The molecule has 0 aromatic heterocycles. The minimum absolute atomic E-state index is 0.0589. The highest BCUT2D eigenvalue weighted by atomic mass is 19.1. The number of carbonyl (C=O) groups is 3. The molecular formula is C19H18FNO6. The lowest BCUT2D eigenvalue weighted by molar-refractivity contribution is -0.139. The number of allylic oxidation sites excluding steroid dienone is 2. The molecule has 1 aromatic carbocycles. The van der Waals surface area contributed by atoms with E-state index in [2.05, 4.69) is 0 Å². The van der Waals surface area contributed by atoms with Crippen LogP contribution in [0.5, 0.6) is 0 Å². The number of rotatable bonds is 5. The average molecular weight is 375 g/mol. The predicted octanol–water partition coefficient (Wildman–Crippen LogP) is 2.49. The van der Waals surface area contributed by atoms with Gasteiger partial charge >= 0.3 is 17.9 Å². The van der Waals surface area contributed by atoms with Crippen molar-refractivity contribution in [3.8, 4) is 0 Å². The summed E-state index contributed by atoms with van der Waals surface area (Å²) in [5.74, 6) is -3.18. The Morgan fingerprint density at radius 1 is 1.04 bits per heavy atom. The fraction of sp³-hybridized carbons (Fsp3) is 0.211. The van der Waals surface area contributed by atoms with Gasteiger partial charge in [-0.1, -0.05) is 6.08 Å². The van der Waals surface area contributed by atoms with E-state index in [0.717, 1.165) is 13.2 Å². The SMILES string of the molecule is CCOC(=O)c1cc(N2C=CC=CC(C(=O)OC)=C2C(=O)OC)ccc1F. The standard InChI is InChI=1S/C19H18FNO6/c1-4-27-18(23)14-11-12(8-9-15(14)20)21-10-6-5-7-13(17(22)25-2)16(21)19(24)26-3/h5-11H,4H2,1-3H3. The van der Waals surface area contributed by atoms with Gasteiger partial charge in [-0.05, 0) is 37.3 Å². The zero-order valence-electron chi connectivity index (χ0n) is 15.0. The van der Waals surface area contributed by atoms with Crippen LogP contribution in [-0.4, -0.2) is 38.7 Å². The van der Waals surface area contributed by atoms with Gasteiger partial charge in [0.05, 0.1) is 32.0 Å². The third kappa shape index (κ3) is 4.22. The highest BCUT2D eigenvalue weighted by Gasteiger charge is 2.28. The van der Waals surface area contributed by atoms with Crippen LogP contribution in [0, 0.1) is 5.82 Å². The maximum absolute atomic E-state index is 14.0. The molecule has 0 atom stereocenters. The molecule has 0 radical (unpaired) electrons. The average Bonchev–Trinajstić information content (AvgIpc) is 2.90. The minimum Gasteiger partial charge on any atom is -0.465 e. The Balaban J connectivity index is 2.64. The van der Waals surface area contributed by atoms with Gasteiger partial charge in [-0.3, -0.25) is 0 Å². The van der Waals surface area contributed by atoms with Crippen molar-refractivity contribution in [3.63, 3.8) is 0 Å². The van der Waals surface area contributed by atoms with E-state index in [1.165, 1.54) is 42.5 Å². The molecule has 1 aromatic rings. The van der Waals surface area contributed by atoms with Crippen molar-refractivity contribution >= 4 is 23.6 Å². The molecule has 2 rings (SSSR count). The summed E-state index contributed by atoms with van der Waals surface area (Å²) in [6.45, 7) is 1.68. The lowest BCUT2D eigenvalue weighted by atomic mass is 10.1. The van der Waals surface area contributed by atoms with Crippen LogP contribution >= 0.6 is 0 Å². The fourth-order valence-electron chi connectivity index (χ4n) is 2.39. The van der Waals surface area contributed by atoms with Gasteiger partial charge in [0.2, 0.25) is 0 Å². The predicted molar refractivity (Wildman–Crippen MR) is 94.2 cm³/mol. The first-order chi connectivity index (χ1) is 12.9. The lowest BCUT2D eigenvalue weighted by Crippen LogP contribution is -2.27. The van der Waals surface area contributed by atoms with Crippen molar-refractivity contribution in [2.75, 3.05) is 25.7 Å². The molecular weight excluding hydrogens is 357 g/mol. The van der Waals surface area contributed by atoms with Gasteiger partial charge in [-0.25, -0.2) is 18.8 Å². The number of hydrogen-bond donors (Lipinski definition) is 0. The molecule has 0 saturated carbocycles. The van der Waals surface area contributed by atoms with Gasteiger partial charge < -0.3 is 19.1 Å². The van der Waals surface area contributed by atoms with Crippen molar-refractivity contribution in [3.05, 3.63) is 65.3 Å². The van der Waals surface area contributed by atoms with Crippen LogP contribution < -0.4 is 4.90 Å². The topological polar surface area (TPSA) is 82.1 Å². The van der Waals surface area contributed by atoms with Crippen LogP contribution in [0.15, 0.2) is 53.9 Å². The van der Waals surface area contributed by atoms with Gasteiger partial charge in [0.1, 0.15) is 11.5 Å². The van der Waals surface area contributed by atoms with E-state index in [1.54, 1.807) is 13.0 Å². The number of hydrogen-bond acceptors (Lipinski definition) is 7. The number of nitrogens with zero attached hydrogens (tertiary/aromatic N) is 1. The Morgan fingerprint density at radius 3 is 2.37 bits per heavy atom. The molecule has 1 aliphatic heterocycles. The number of methoxy groups -OCH3 is 2. The summed E-state index contributed by atoms with van der Waals surface area (Å²) < 4.78 is 28.4. The fourth-order valence-corrected chi connectivity index (χ4v) is 2.39.